The van der Waals surface area contributed by atoms with E-state index in [2.05, 4.69) is 17.2 Å². The largest absolute Gasteiger partial charge is 0.363 e. The topological polar surface area (TPSA) is 45.2 Å². The molecule has 0 aliphatic rings. The standard InChI is InChI=1S/C13H21N3O/c1-6-13(2,3)15-12(17)10-7-8-14-11(9-10)16(4)5/h7-9H,6H2,1-5H3,(H,15,17). The van der Waals surface area contributed by atoms with Crippen LogP contribution in [0, 0.1) is 0 Å². The lowest BCUT2D eigenvalue weighted by Gasteiger charge is -2.24. The van der Waals surface area contributed by atoms with Crippen molar-refractivity contribution in [2.45, 2.75) is 32.7 Å². The quantitative estimate of drug-likeness (QED) is 0.869. The zero-order valence-electron chi connectivity index (χ0n) is 11.2. The predicted octanol–water partition coefficient (Wildman–Crippen LogP) is 2.07. The van der Waals surface area contributed by atoms with Gasteiger partial charge in [-0.15, -0.1) is 0 Å². The number of hydrogen-bond acceptors (Lipinski definition) is 3. The van der Waals surface area contributed by atoms with Crippen molar-refractivity contribution in [3.05, 3.63) is 23.9 Å². The number of carbonyl (C=O) groups is 1. The van der Waals surface area contributed by atoms with Crippen LogP contribution in [0.3, 0.4) is 0 Å². The summed E-state index contributed by atoms with van der Waals surface area (Å²) in [5, 5.41) is 3.00. The molecule has 1 heterocycles. The molecule has 0 aliphatic carbocycles. The van der Waals surface area contributed by atoms with Crippen LogP contribution in [-0.2, 0) is 0 Å². The normalized spacial score (nSPS) is 11.1. The maximum absolute atomic E-state index is 12.0. The molecule has 0 bridgehead atoms. The SMILES string of the molecule is CCC(C)(C)NC(=O)c1ccnc(N(C)C)c1. The maximum Gasteiger partial charge on any atom is 0.251 e. The first-order chi connectivity index (χ1) is 7.85. The van der Waals surface area contributed by atoms with Gasteiger partial charge in [-0.25, -0.2) is 4.98 Å². The van der Waals surface area contributed by atoms with Gasteiger partial charge in [0.1, 0.15) is 5.82 Å². The van der Waals surface area contributed by atoms with Gasteiger partial charge < -0.3 is 10.2 Å². The summed E-state index contributed by atoms with van der Waals surface area (Å²) in [5.41, 5.74) is 0.462. The fraction of sp³-hybridized carbons (Fsp3) is 0.538. The molecule has 0 unspecified atom stereocenters. The van der Waals surface area contributed by atoms with Crippen molar-refractivity contribution >= 4 is 11.7 Å². The smallest absolute Gasteiger partial charge is 0.251 e. The van der Waals surface area contributed by atoms with Gasteiger partial charge in [-0.05, 0) is 32.4 Å². The van der Waals surface area contributed by atoms with Crippen molar-refractivity contribution in [3.63, 3.8) is 0 Å². The van der Waals surface area contributed by atoms with Crippen LogP contribution in [-0.4, -0.2) is 30.5 Å². The summed E-state index contributed by atoms with van der Waals surface area (Å²) in [6, 6.07) is 3.52. The first-order valence-electron chi connectivity index (χ1n) is 5.81. The molecule has 1 N–H and O–H groups in total. The molecule has 0 atom stereocenters. The highest BCUT2D eigenvalue weighted by atomic mass is 16.1. The van der Waals surface area contributed by atoms with Crippen LogP contribution < -0.4 is 10.2 Å². The zero-order valence-corrected chi connectivity index (χ0v) is 11.2. The van der Waals surface area contributed by atoms with Crippen LogP contribution in [0.15, 0.2) is 18.3 Å². The number of aromatic nitrogens is 1. The minimum absolute atomic E-state index is 0.0534. The maximum atomic E-state index is 12.0. The molecule has 0 saturated carbocycles. The predicted molar refractivity (Wildman–Crippen MR) is 70.4 cm³/mol. The van der Waals surface area contributed by atoms with E-state index in [4.69, 9.17) is 0 Å². The van der Waals surface area contributed by atoms with Crippen molar-refractivity contribution in [2.75, 3.05) is 19.0 Å². The number of amides is 1. The molecule has 0 saturated heterocycles. The third kappa shape index (κ3) is 3.73. The molecule has 17 heavy (non-hydrogen) atoms. The summed E-state index contributed by atoms with van der Waals surface area (Å²) in [5.74, 6) is 0.731. The number of hydrogen-bond donors (Lipinski definition) is 1. The minimum Gasteiger partial charge on any atom is -0.363 e. The van der Waals surface area contributed by atoms with E-state index in [1.807, 2.05) is 32.8 Å². The van der Waals surface area contributed by atoms with E-state index >= 15 is 0 Å². The molecule has 94 valence electrons. The Morgan fingerprint density at radius 3 is 2.65 bits per heavy atom. The molecule has 1 rings (SSSR count). The minimum atomic E-state index is -0.182. The summed E-state index contributed by atoms with van der Waals surface area (Å²) in [6.45, 7) is 6.08. The van der Waals surface area contributed by atoms with E-state index in [9.17, 15) is 4.79 Å². The molecule has 1 aromatic heterocycles. The monoisotopic (exact) mass is 235 g/mol. The molecule has 0 radical (unpaired) electrons. The molecular formula is C13H21N3O. The van der Waals surface area contributed by atoms with Crippen LogP contribution in [0.5, 0.6) is 0 Å². The average Bonchev–Trinajstić information content (AvgIpc) is 2.28. The Hall–Kier alpha value is -1.58. The van der Waals surface area contributed by atoms with Crippen molar-refractivity contribution in [1.82, 2.24) is 10.3 Å². The molecule has 0 spiro atoms. The molecular weight excluding hydrogens is 214 g/mol. The van der Waals surface area contributed by atoms with E-state index in [1.165, 1.54) is 0 Å². The van der Waals surface area contributed by atoms with Gasteiger partial charge in [-0.2, -0.15) is 0 Å². The van der Waals surface area contributed by atoms with E-state index in [0.717, 1.165) is 12.2 Å². The number of anilines is 1. The second-order valence-corrected chi connectivity index (χ2v) is 4.99. The third-order valence-electron chi connectivity index (χ3n) is 2.80. The highest BCUT2D eigenvalue weighted by molar-refractivity contribution is 5.95. The Kier molecular flexibility index (Phi) is 4.10. The van der Waals surface area contributed by atoms with Crippen LogP contribution in [0.4, 0.5) is 5.82 Å². The molecule has 1 aromatic rings. The number of carbonyl (C=O) groups excluding carboxylic acids is 1. The van der Waals surface area contributed by atoms with Crippen LogP contribution in [0.2, 0.25) is 0 Å². The first-order valence-corrected chi connectivity index (χ1v) is 5.81. The average molecular weight is 235 g/mol. The Bertz CT molecular complexity index is 399. The zero-order chi connectivity index (χ0) is 13.1. The Balaban J connectivity index is 2.86. The van der Waals surface area contributed by atoms with Gasteiger partial charge in [0, 0.05) is 31.4 Å². The number of rotatable bonds is 4. The van der Waals surface area contributed by atoms with Crippen molar-refractivity contribution in [3.8, 4) is 0 Å². The number of nitrogens with zero attached hydrogens (tertiary/aromatic N) is 2. The number of pyridine rings is 1. The third-order valence-corrected chi connectivity index (χ3v) is 2.80. The van der Waals surface area contributed by atoms with Gasteiger partial charge in [0.25, 0.3) is 5.91 Å². The fourth-order valence-electron chi connectivity index (χ4n) is 1.27. The number of nitrogens with one attached hydrogen (secondary N) is 1. The molecule has 0 aromatic carbocycles. The Labute approximate surface area is 103 Å². The molecule has 0 fully saturated rings. The fourth-order valence-corrected chi connectivity index (χ4v) is 1.27. The lowest BCUT2D eigenvalue weighted by molar-refractivity contribution is 0.0911. The first kappa shape index (κ1) is 13.5. The van der Waals surface area contributed by atoms with E-state index in [-0.39, 0.29) is 11.4 Å². The molecule has 1 amide bonds. The van der Waals surface area contributed by atoms with E-state index in [1.54, 1.807) is 18.3 Å². The van der Waals surface area contributed by atoms with Crippen LogP contribution in [0.25, 0.3) is 0 Å². The highest BCUT2D eigenvalue weighted by Crippen LogP contribution is 2.12. The second kappa shape index (κ2) is 5.17. The Morgan fingerprint density at radius 2 is 2.12 bits per heavy atom. The molecule has 0 aliphatic heterocycles. The summed E-state index contributed by atoms with van der Waals surface area (Å²) in [4.78, 5) is 18.1. The molecule has 4 heteroatoms. The molecule has 4 nitrogen and oxygen atoms in total. The van der Waals surface area contributed by atoms with E-state index in [0.29, 0.717) is 5.56 Å². The van der Waals surface area contributed by atoms with Gasteiger partial charge in [0.2, 0.25) is 0 Å². The van der Waals surface area contributed by atoms with Crippen molar-refractivity contribution < 1.29 is 4.79 Å². The van der Waals surface area contributed by atoms with Gasteiger partial charge in [-0.1, -0.05) is 6.92 Å². The summed E-state index contributed by atoms with van der Waals surface area (Å²) in [6.07, 6.45) is 2.55. The van der Waals surface area contributed by atoms with Crippen molar-refractivity contribution in [1.29, 1.82) is 0 Å². The summed E-state index contributed by atoms with van der Waals surface area (Å²) < 4.78 is 0. The van der Waals surface area contributed by atoms with Crippen LogP contribution in [0.1, 0.15) is 37.6 Å². The van der Waals surface area contributed by atoms with Crippen LogP contribution >= 0.6 is 0 Å². The summed E-state index contributed by atoms with van der Waals surface area (Å²) in [7, 11) is 3.81. The second-order valence-electron chi connectivity index (χ2n) is 4.99. The van der Waals surface area contributed by atoms with Crippen molar-refractivity contribution in [2.24, 2.45) is 0 Å². The van der Waals surface area contributed by atoms with Gasteiger partial charge >= 0.3 is 0 Å². The lowest BCUT2D eigenvalue weighted by atomic mass is 10.0. The van der Waals surface area contributed by atoms with E-state index < -0.39 is 0 Å². The Morgan fingerprint density at radius 1 is 1.47 bits per heavy atom. The highest BCUT2D eigenvalue weighted by Gasteiger charge is 2.19. The van der Waals surface area contributed by atoms with Gasteiger partial charge in [0.05, 0.1) is 0 Å². The summed E-state index contributed by atoms with van der Waals surface area (Å²) >= 11 is 0. The van der Waals surface area contributed by atoms with Gasteiger partial charge in [0.15, 0.2) is 0 Å². The van der Waals surface area contributed by atoms with Gasteiger partial charge in [-0.3, -0.25) is 4.79 Å². The lowest BCUT2D eigenvalue weighted by Crippen LogP contribution is -2.42.